The van der Waals surface area contributed by atoms with Crippen molar-refractivity contribution in [2.75, 3.05) is 13.1 Å². The highest BCUT2D eigenvalue weighted by Crippen LogP contribution is 2.24. The molecule has 0 aromatic heterocycles. The van der Waals surface area contributed by atoms with Crippen molar-refractivity contribution in [1.82, 2.24) is 4.90 Å². The van der Waals surface area contributed by atoms with Crippen LogP contribution in [-0.2, 0) is 0 Å². The Balaban J connectivity index is 2.22. The van der Waals surface area contributed by atoms with Gasteiger partial charge in [0.25, 0.3) is 5.91 Å². The van der Waals surface area contributed by atoms with E-state index in [0.29, 0.717) is 19.0 Å². The van der Waals surface area contributed by atoms with Gasteiger partial charge in [-0.15, -0.1) is 0 Å². The SMILES string of the molecule is Cc1ccc(C(=O)N2CC(CN)CCC2C)c(F)c1. The van der Waals surface area contributed by atoms with Gasteiger partial charge in [0.2, 0.25) is 0 Å². The van der Waals surface area contributed by atoms with Crippen molar-refractivity contribution in [3.05, 3.63) is 35.1 Å². The molecule has 0 radical (unpaired) electrons. The van der Waals surface area contributed by atoms with Crippen LogP contribution in [0.4, 0.5) is 4.39 Å². The summed E-state index contributed by atoms with van der Waals surface area (Å²) in [6, 6.07) is 4.90. The predicted molar refractivity (Wildman–Crippen MR) is 73.4 cm³/mol. The lowest BCUT2D eigenvalue weighted by Gasteiger charge is -2.37. The second-order valence-corrected chi connectivity index (χ2v) is 5.47. The van der Waals surface area contributed by atoms with Crippen molar-refractivity contribution < 1.29 is 9.18 Å². The maximum absolute atomic E-state index is 13.9. The minimum absolute atomic E-state index is 0.149. The molecule has 3 nitrogen and oxygen atoms in total. The van der Waals surface area contributed by atoms with Gasteiger partial charge in [-0.25, -0.2) is 4.39 Å². The number of piperidine rings is 1. The van der Waals surface area contributed by atoms with Gasteiger partial charge in [0.05, 0.1) is 5.56 Å². The maximum Gasteiger partial charge on any atom is 0.257 e. The van der Waals surface area contributed by atoms with Gasteiger partial charge in [0.15, 0.2) is 0 Å². The number of amides is 1. The topological polar surface area (TPSA) is 46.3 Å². The van der Waals surface area contributed by atoms with Crippen LogP contribution in [0.5, 0.6) is 0 Å². The van der Waals surface area contributed by atoms with Crippen LogP contribution in [0.2, 0.25) is 0 Å². The van der Waals surface area contributed by atoms with E-state index in [1.165, 1.54) is 6.07 Å². The normalized spacial score (nSPS) is 23.5. The second-order valence-electron chi connectivity index (χ2n) is 5.47. The van der Waals surface area contributed by atoms with Crippen LogP contribution >= 0.6 is 0 Å². The molecule has 19 heavy (non-hydrogen) atoms. The molecular weight excluding hydrogens is 243 g/mol. The number of nitrogens with zero attached hydrogens (tertiary/aromatic N) is 1. The number of rotatable bonds is 2. The number of carbonyl (C=O) groups is 1. The summed E-state index contributed by atoms with van der Waals surface area (Å²) < 4.78 is 13.9. The van der Waals surface area contributed by atoms with Crippen LogP contribution in [-0.4, -0.2) is 29.9 Å². The molecule has 2 rings (SSSR count). The molecule has 1 aromatic rings. The highest BCUT2D eigenvalue weighted by molar-refractivity contribution is 5.94. The summed E-state index contributed by atoms with van der Waals surface area (Å²) >= 11 is 0. The summed E-state index contributed by atoms with van der Waals surface area (Å²) in [4.78, 5) is 14.2. The third kappa shape index (κ3) is 2.95. The van der Waals surface area contributed by atoms with E-state index in [-0.39, 0.29) is 17.5 Å². The van der Waals surface area contributed by atoms with E-state index in [4.69, 9.17) is 5.73 Å². The minimum Gasteiger partial charge on any atom is -0.336 e. The van der Waals surface area contributed by atoms with Gasteiger partial charge in [0.1, 0.15) is 5.82 Å². The molecule has 1 aromatic carbocycles. The summed E-state index contributed by atoms with van der Waals surface area (Å²) in [5.41, 5.74) is 6.67. The number of halogens is 1. The van der Waals surface area contributed by atoms with Crippen molar-refractivity contribution in [3.8, 4) is 0 Å². The fourth-order valence-electron chi connectivity index (χ4n) is 2.61. The molecule has 1 fully saturated rings. The molecular formula is C15H21FN2O. The second kappa shape index (κ2) is 5.70. The van der Waals surface area contributed by atoms with Crippen molar-refractivity contribution >= 4 is 5.91 Å². The van der Waals surface area contributed by atoms with Crippen LogP contribution in [0.15, 0.2) is 18.2 Å². The Hall–Kier alpha value is -1.42. The zero-order valence-corrected chi connectivity index (χ0v) is 11.5. The molecule has 4 heteroatoms. The summed E-state index contributed by atoms with van der Waals surface area (Å²) in [7, 11) is 0. The van der Waals surface area contributed by atoms with E-state index >= 15 is 0 Å². The molecule has 0 saturated carbocycles. The summed E-state index contributed by atoms with van der Waals surface area (Å²) in [6.45, 7) is 5.03. The van der Waals surface area contributed by atoms with Gasteiger partial charge in [-0.05, 0) is 56.8 Å². The maximum atomic E-state index is 13.9. The summed E-state index contributed by atoms with van der Waals surface area (Å²) in [5, 5.41) is 0. The number of hydrogen-bond donors (Lipinski definition) is 1. The number of benzene rings is 1. The Bertz CT molecular complexity index is 475. The number of nitrogens with two attached hydrogens (primary N) is 1. The molecule has 1 aliphatic heterocycles. The van der Waals surface area contributed by atoms with Crippen LogP contribution in [0.1, 0.15) is 35.7 Å². The monoisotopic (exact) mass is 264 g/mol. The molecule has 0 bridgehead atoms. The Morgan fingerprint density at radius 1 is 1.47 bits per heavy atom. The van der Waals surface area contributed by atoms with Gasteiger partial charge in [-0.3, -0.25) is 4.79 Å². The van der Waals surface area contributed by atoms with E-state index in [0.717, 1.165) is 18.4 Å². The van der Waals surface area contributed by atoms with E-state index in [1.54, 1.807) is 17.0 Å². The first kappa shape index (κ1) is 14.0. The molecule has 1 saturated heterocycles. The molecule has 0 aliphatic carbocycles. The zero-order valence-electron chi connectivity index (χ0n) is 11.5. The first-order chi connectivity index (χ1) is 9.02. The molecule has 104 valence electrons. The third-order valence-electron chi connectivity index (χ3n) is 3.93. The highest BCUT2D eigenvalue weighted by Gasteiger charge is 2.30. The van der Waals surface area contributed by atoms with Crippen molar-refractivity contribution in [2.45, 2.75) is 32.7 Å². The molecule has 1 amide bonds. The molecule has 0 spiro atoms. The molecule has 2 unspecified atom stereocenters. The molecule has 1 aliphatic rings. The fraction of sp³-hybridized carbons (Fsp3) is 0.533. The minimum atomic E-state index is -0.438. The van der Waals surface area contributed by atoms with Gasteiger partial charge in [0, 0.05) is 12.6 Å². The number of aryl methyl sites for hydroxylation is 1. The molecule has 2 atom stereocenters. The van der Waals surface area contributed by atoms with E-state index in [1.807, 2.05) is 13.8 Å². The number of hydrogen-bond acceptors (Lipinski definition) is 2. The van der Waals surface area contributed by atoms with E-state index in [2.05, 4.69) is 0 Å². The first-order valence-electron chi connectivity index (χ1n) is 6.80. The number of likely N-dealkylation sites (tertiary alicyclic amines) is 1. The smallest absolute Gasteiger partial charge is 0.257 e. The summed E-state index contributed by atoms with van der Waals surface area (Å²) in [5.74, 6) is -0.330. The molecule has 1 heterocycles. The van der Waals surface area contributed by atoms with Gasteiger partial charge < -0.3 is 10.6 Å². The quantitative estimate of drug-likeness (QED) is 0.891. The largest absolute Gasteiger partial charge is 0.336 e. The Morgan fingerprint density at radius 3 is 2.84 bits per heavy atom. The number of carbonyl (C=O) groups excluding carboxylic acids is 1. The molecule has 2 N–H and O–H groups in total. The Labute approximate surface area is 113 Å². The summed E-state index contributed by atoms with van der Waals surface area (Å²) in [6.07, 6.45) is 1.97. The fourth-order valence-corrected chi connectivity index (χ4v) is 2.61. The van der Waals surface area contributed by atoms with Crippen molar-refractivity contribution in [2.24, 2.45) is 11.7 Å². The lowest BCUT2D eigenvalue weighted by atomic mass is 9.93. The van der Waals surface area contributed by atoms with Crippen LogP contribution in [0.25, 0.3) is 0 Å². The van der Waals surface area contributed by atoms with Crippen LogP contribution in [0, 0.1) is 18.7 Å². The van der Waals surface area contributed by atoms with E-state index < -0.39 is 5.82 Å². The lowest BCUT2D eigenvalue weighted by Crippen LogP contribution is -2.47. The van der Waals surface area contributed by atoms with Crippen LogP contribution < -0.4 is 5.73 Å². The standard InChI is InChI=1S/C15H21FN2O/c1-10-3-6-13(14(16)7-10)15(19)18-9-12(8-17)5-4-11(18)2/h3,6-7,11-12H,4-5,8-9,17H2,1-2H3. The predicted octanol–water partition coefficient (Wildman–Crippen LogP) is 2.33. The zero-order chi connectivity index (χ0) is 14.0. The highest BCUT2D eigenvalue weighted by atomic mass is 19.1. The Morgan fingerprint density at radius 2 is 2.21 bits per heavy atom. The van der Waals surface area contributed by atoms with Crippen LogP contribution in [0.3, 0.4) is 0 Å². The third-order valence-corrected chi connectivity index (χ3v) is 3.93. The Kier molecular flexibility index (Phi) is 4.20. The van der Waals surface area contributed by atoms with E-state index in [9.17, 15) is 9.18 Å². The average molecular weight is 264 g/mol. The van der Waals surface area contributed by atoms with Crippen molar-refractivity contribution in [1.29, 1.82) is 0 Å². The van der Waals surface area contributed by atoms with Gasteiger partial charge in [-0.2, -0.15) is 0 Å². The lowest BCUT2D eigenvalue weighted by molar-refractivity contribution is 0.0562. The van der Waals surface area contributed by atoms with Gasteiger partial charge in [-0.1, -0.05) is 6.07 Å². The average Bonchev–Trinajstić information content (AvgIpc) is 2.38. The van der Waals surface area contributed by atoms with Crippen molar-refractivity contribution in [3.63, 3.8) is 0 Å². The first-order valence-corrected chi connectivity index (χ1v) is 6.80. The van der Waals surface area contributed by atoms with Gasteiger partial charge >= 0.3 is 0 Å².